The molecule has 0 heterocycles. The average Bonchev–Trinajstić information content (AvgIpc) is 2.26. The normalized spacial score (nSPS) is 10.3. The second-order valence-corrected chi connectivity index (χ2v) is 3.88. The topological polar surface area (TPSA) is 68.2 Å². The Morgan fingerprint density at radius 3 is 2.22 bits per heavy atom. The fraction of sp³-hybridized carbons (Fsp3) is 0.500. The molecule has 2 N–H and O–H groups in total. The summed E-state index contributed by atoms with van der Waals surface area (Å²) in [4.78, 5) is 0. The minimum Gasteiger partial charge on any atom is -0.512 e. The Balaban J connectivity index is 2.68. The molecular formula is C12H19BO5. The summed E-state index contributed by atoms with van der Waals surface area (Å²) in [6, 6.07) is 3.39. The van der Waals surface area contributed by atoms with Gasteiger partial charge in [0.05, 0.1) is 6.61 Å². The molecule has 0 saturated heterocycles. The van der Waals surface area contributed by atoms with Crippen LogP contribution in [0.1, 0.15) is 18.1 Å². The smallest absolute Gasteiger partial charge is 0.512 e. The highest BCUT2D eigenvalue weighted by Gasteiger charge is 2.14. The monoisotopic (exact) mass is 254 g/mol. The number of benzene rings is 1. The fourth-order valence-corrected chi connectivity index (χ4v) is 1.67. The molecule has 0 atom stereocenters. The minimum absolute atomic E-state index is 0.400. The van der Waals surface area contributed by atoms with Crippen LogP contribution in [0.15, 0.2) is 12.1 Å². The van der Waals surface area contributed by atoms with Crippen molar-refractivity contribution in [3.63, 3.8) is 0 Å². The van der Waals surface area contributed by atoms with Crippen molar-refractivity contribution in [1.29, 1.82) is 0 Å². The fourth-order valence-electron chi connectivity index (χ4n) is 1.67. The first kappa shape index (κ1) is 14.8. The molecule has 0 amide bonds. The summed E-state index contributed by atoms with van der Waals surface area (Å²) in [6.45, 7) is 7.38. The summed E-state index contributed by atoms with van der Waals surface area (Å²) in [6.07, 6.45) is 0. The first-order valence-corrected chi connectivity index (χ1v) is 5.89. The average molecular weight is 254 g/mol. The van der Waals surface area contributed by atoms with E-state index >= 15 is 0 Å². The van der Waals surface area contributed by atoms with Gasteiger partial charge in [-0.3, -0.25) is 0 Å². The lowest BCUT2D eigenvalue weighted by Crippen LogP contribution is -2.20. The van der Waals surface area contributed by atoms with Crippen molar-refractivity contribution in [3.8, 4) is 11.5 Å². The van der Waals surface area contributed by atoms with E-state index in [4.69, 9.17) is 24.2 Å². The summed E-state index contributed by atoms with van der Waals surface area (Å²) in [5, 5.41) is 17.5. The van der Waals surface area contributed by atoms with Crippen LogP contribution in [0.25, 0.3) is 0 Å². The molecule has 0 unspecified atom stereocenters. The van der Waals surface area contributed by atoms with Gasteiger partial charge in [-0.05, 0) is 44.0 Å². The van der Waals surface area contributed by atoms with Crippen LogP contribution < -0.4 is 9.39 Å². The maximum absolute atomic E-state index is 8.74. The highest BCUT2D eigenvalue weighted by atomic mass is 16.6. The summed E-state index contributed by atoms with van der Waals surface area (Å²) in [5.74, 6) is 1.17. The van der Waals surface area contributed by atoms with Gasteiger partial charge in [0, 0.05) is 6.61 Å². The third-order valence-electron chi connectivity index (χ3n) is 2.35. The van der Waals surface area contributed by atoms with E-state index < -0.39 is 7.32 Å². The maximum Gasteiger partial charge on any atom is 0.707 e. The minimum atomic E-state index is -1.81. The molecule has 0 radical (unpaired) electrons. The van der Waals surface area contributed by atoms with E-state index in [-0.39, 0.29) is 0 Å². The van der Waals surface area contributed by atoms with Crippen LogP contribution in [-0.4, -0.2) is 37.2 Å². The number of rotatable bonds is 7. The molecule has 5 nitrogen and oxygen atoms in total. The number of hydrogen-bond donors (Lipinski definition) is 2. The summed E-state index contributed by atoms with van der Waals surface area (Å²) in [5.41, 5.74) is 1.75. The van der Waals surface area contributed by atoms with Crippen molar-refractivity contribution in [2.75, 3.05) is 19.8 Å². The molecule has 1 aromatic rings. The lowest BCUT2D eigenvalue weighted by atomic mass is 10.1. The largest absolute Gasteiger partial charge is 0.707 e. The van der Waals surface area contributed by atoms with Gasteiger partial charge < -0.3 is 24.2 Å². The van der Waals surface area contributed by atoms with Crippen LogP contribution in [0.5, 0.6) is 11.5 Å². The zero-order chi connectivity index (χ0) is 13.5. The van der Waals surface area contributed by atoms with Crippen molar-refractivity contribution >= 4 is 7.32 Å². The van der Waals surface area contributed by atoms with Crippen molar-refractivity contribution < 1.29 is 24.2 Å². The molecular weight excluding hydrogens is 235 g/mol. The van der Waals surface area contributed by atoms with Crippen LogP contribution in [0.4, 0.5) is 0 Å². The maximum atomic E-state index is 8.74. The van der Waals surface area contributed by atoms with E-state index in [0.29, 0.717) is 25.6 Å². The first-order valence-electron chi connectivity index (χ1n) is 5.89. The van der Waals surface area contributed by atoms with Gasteiger partial charge >= 0.3 is 7.32 Å². The van der Waals surface area contributed by atoms with Gasteiger partial charge in [0.1, 0.15) is 18.1 Å². The molecule has 0 aliphatic carbocycles. The van der Waals surface area contributed by atoms with E-state index in [1.807, 2.05) is 20.8 Å². The van der Waals surface area contributed by atoms with E-state index in [2.05, 4.69) is 0 Å². The molecule has 1 aromatic carbocycles. The van der Waals surface area contributed by atoms with Gasteiger partial charge in [0.2, 0.25) is 0 Å². The molecule has 0 bridgehead atoms. The second-order valence-electron chi connectivity index (χ2n) is 3.88. The Bertz CT molecular complexity index is 358. The van der Waals surface area contributed by atoms with Crippen LogP contribution in [-0.2, 0) is 4.74 Å². The molecule has 0 spiro atoms. The van der Waals surface area contributed by atoms with Gasteiger partial charge in [0.15, 0.2) is 0 Å². The molecule has 0 aromatic heterocycles. The van der Waals surface area contributed by atoms with Gasteiger partial charge in [-0.25, -0.2) is 0 Å². The zero-order valence-corrected chi connectivity index (χ0v) is 11.0. The molecule has 0 saturated carbocycles. The van der Waals surface area contributed by atoms with Gasteiger partial charge in [0.25, 0.3) is 0 Å². The first-order chi connectivity index (χ1) is 8.54. The molecule has 0 aliphatic rings. The van der Waals surface area contributed by atoms with E-state index in [1.54, 1.807) is 12.1 Å². The van der Waals surface area contributed by atoms with Gasteiger partial charge in [-0.15, -0.1) is 0 Å². The lowest BCUT2D eigenvalue weighted by molar-refractivity contribution is 0.109. The van der Waals surface area contributed by atoms with Crippen molar-refractivity contribution in [2.24, 2.45) is 0 Å². The van der Waals surface area contributed by atoms with E-state index in [0.717, 1.165) is 16.9 Å². The summed E-state index contributed by atoms with van der Waals surface area (Å²) >= 11 is 0. The zero-order valence-electron chi connectivity index (χ0n) is 11.0. The SMILES string of the molecule is CCOCCOc1c(C)cc(OB(O)O)cc1C. The molecule has 6 heteroatoms. The number of ether oxygens (including phenoxy) is 2. The number of aryl methyl sites for hydroxylation is 2. The van der Waals surface area contributed by atoms with Gasteiger partial charge in [-0.1, -0.05) is 0 Å². The van der Waals surface area contributed by atoms with Crippen LogP contribution in [0.3, 0.4) is 0 Å². The standard InChI is InChI=1S/C12H19BO5/c1-4-16-5-6-17-12-9(2)7-11(8-10(12)3)18-13(14)15/h7-8,14-15H,4-6H2,1-3H3. The Kier molecular flexibility index (Phi) is 5.98. The van der Waals surface area contributed by atoms with Crippen molar-refractivity contribution in [3.05, 3.63) is 23.3 Å². The van der Waals surface area contributed by atoms with Crippen LogP contribution >= 0.6 is 0 Å². The number of hydrogen-bond acceptors (Lipinski definition) is 5. The second kappa shape index (κ2) is 7.26. The molecule has 0 aliphatic heterocycles. The lowest BCUT2D eigenvalue weighted by Gasteiger charge is -2.14. The predicted octanol–water partition coefficient (Wildman–Crippen LogP) is 1.07. The molecule has 18 heavy (non-hydrogen) atoms. The quantitative estimate of drug-likeness (QED) is 0.562. The third kappa shape index (κ3) is 4.56. The predicted molar refractivity (Wildman–Crippen MR) is 68.7 cm³/mol. The Hall–Kier alpha value is -1.24. The van der Waals surface area contributed by atoms with E-state index in [1.165, 1.54) is 0 Å². The molecule has 0 fully saturated rings. The van der Waals surface area contributed by atoms with E-state index in [9.17, 15) is 0 Å². The highest BCUT2D eigenvalue weighted by molar-refractivity contribution is 6.33. The van der Waals surface area contributed by atoms with Crippen LogP contribution in [0, 0.1) is 13.8 Å². The van der Waals surface area contributed by atoms with Gasteiger partial charge in [-0.2, -0.15) is 0 Å². The molecule has 1 rings (SSSR count). The van der Waals surface area contributed by atoms with Crippen molar-refractivity contribution in [2.45, 2.75) is 20.8 Å². The third-order valence-corrected chi connectivity index (χ3v) is 2.35. The summed E-state index contributed by atoms with van der Waals surface area (Å²) < 4.78 is 15.6. The Morgan fingerprint density at radius 2 is 1.72 bits per heavy atom. The highest BCUT2D eigenvalue weighted by Crippen LogP contribution is 2.28. The molecule has 100 valence electrons. The Labute approximate surface area is 107 Å². The Morgan fingerprint density at radius 1 is 1.11 bits per heavy atom. The van der Waals surface area contributed by atoms with Crippen molar-refractivity contribution in [1.82, 2.24) is 0 Å². The van der Waals surface area contributed by atoms with Crippen LogP contribution in [0.2, 0.25) is 0 Å². The summed E-state index contributed by atoms with van der Waals surface area (Å²) in [7, 11) is -1.81.